The normalized spacial score (nSPS) is 9.27. The van der Waals surface area contributed by atoms with Crippen molar-refractivity contribution in [3.05, 3.63) is 53.1 Å². The minimum atomic E-state index is 0.155. The molecule has 0 amide bonds. The zero-order chi connectivity index (χ0) is 11.1. The Morgan fingerprint density at radius 3 is 2.27 bits per heavy atom. The number of nitriles is 2. The summed E-state index contributed by atoms with van der Waals surface area (Å²) in [5.74, 6) is 0. The van der Waals surface area contributed by atoms with Crippen molar-refractivity contribution in [3.8, 4) is 12.1 Å². The van der Waals surface area contributed by atoms with Crippen molar-refractivity contribution in [3.63, 3.8) is 0 Å². The lowest BCUT2D eigenvalue weighted by Crippen LogP contribution is -1.78. The molecule has 0 radical (unpaired) electrons. The monoisotopic (exact) mass is 194 g/mol. The Bertz CT molecular complexity index is 451. The van der Waals surface area contributed by atoms with E-state index in [2.05, 4.69) is 0 Å². The summed E-state index contributed by atoms with van der Waals surface area (Å²) in [5, 5.41) is 17.3. The third kappa shape index (κ3) is 3.14. The summed E-state index contributed by atoms with van der Waals surface area (Å²) in [7, 11) is 0. The van der Waals surface area contributed by atoms with Crippen molar-refractivity contribution in [1.82, 2.24) is 0 Å². The second kappa shape index (κ2) is 5.42. The number of hydrogen-bond acceptors (Lipinski definition) is 2. The molecule has 0 aliphatic carbocycles. The van der Waals surface area contributed by atoms with Gasteiger partial charge in [0.15, 0.2) is 0 Å². The van der Waals surface area contributed by atoms with E-state index in [1.54, 1.807) is 13.0 Å². The molecule has 0 aliphatic heterocycles. The van der Waals surface area contributed by atoms with Crippen LogP contribution in [-0.2, 0) is 0 Å². The van der Waals surface area contributed by atoms with Gasteiger partial charge in [0.05, 0.1) is 0 Å². The van der Waals surface area contributed by atoms with Crippen molar-refractivity contribution in [2.75, 3.05) is 0 Å². The Kier molecular flexibility index (Phi) is 3.89. The Labute approximate surface area is 89.4 Å². The van der Waals surface area contributed by atoms with Gasteiger partial charge in [0.1, 0.15) is 17.7 Å². The molecule has 0 heterocycles. The summed E-state index contributed by atoms with van der Waals surface area (Å²) in [6, 6.07) is 13.4. The lowest BCUT2D eigenvalue weighted by atomic mass is 10.1. The standard InChI is InChI=1S/C13H10N2/c1-11(13(9-14)10-15)7-8-12-5-3-2-4-6-12/h2-8H,1H3/b8-7+. The Balaban J connectivity index is 2.90. The molecule has 0 saturated carbocycles. The molecule has 1 aromatic carbocycles. The number of benzene rings is 1. The fourth-order valence-electron chi connectivity index (χ4n) is 1.07. The minimum Gasteiger partial charge on any atom is -0.192 e. The van der Waals surface area contributed by atoms with E-state index in [1.165, 1.54) is 0 Å². The van der Waals surface area contributed by atoms with Gasteiger partial charge >= 0.3 is 0 Å². The molecule has 2 nitrogen and oxygen atoms in total. The fourth-order valence-corrected chi connectivity index (χ4v) is 1.07. The molecular formula is C13H10N2. The molecule has 0 aliphatic rings. The molecule has 0 saturated heterocycles. The first-order chi connectivity index (χ1) is 7.27. The molecule has 1 aromatic rings. The second-order valence-electron chi connectivity index (χ2n) is 3.03. The van der Waals surface area contributed by atoms with E-state index in [0.29, 0.717) is 5.57 Å². The highest BCUT2D eigenvalue weighted by Crippen LogP contribution is 2.07. The topological polar surface area (TPSA) is 47.6 Å². The predicted molar refractivity (Wildman–Crippen MR) is 59.4 cm³/mol. The summed E-state index contributed by atoms with van der Waals surface area (Å²) in [6.07, 6.45) is 3.65. The maximum atomic E-state index is 8.63. The number of nitrogens with zero attached hydrogens (tertiary/aromatic N) is 2. The second-order valence-corrected chi connectivity index (χ2v) is 3.03. The smallest absolute Gasteiger partial charge is 0.132 e. The first kappa shape index (κ1) is 10.8. The molecule has 0 N–H and O–H groups in total. The lowest BCUT2D eigenvalue weighted by molar-refractivity contribution is 1.40. The average Bonchev–Trinajstić information content (AvgIpc) is 2.29. The van der Waals surface area contributed by atoms with Gasteiger partial charge in [-0.25, -0.2) is 0 Å². The zero-order valence-corrected chi connectivity index (χ0v) is 8.44. The van der Waals surface area contributed by atoms with Crippen LogP contribution in [0, 0.1) is 22.7 Å². The van der Waals surface area contributed by atoms with Gasteiger partial charge in [-0.2, -0.15) is 10.5 Å². The highest BCUT2D eigenvalue weighted by atomic mass is 14.3. The summed E-state index contributed by atoms with van der Waals surface area (Å²) in [6.45, 7) is 1.75. The van der Waals surface area contributed by atoms with E-state index in [1.807, 2.05) is 48.5 Å². The fraction of sp³-hybridized carbons (Fsp3) is 0.0769. The van der Waals surface area contributed by atoms with Gasteiger partial charge in [0.2, 0.25) is 0 Å². The van der Waals surface area contributed by atoms with E-state index in [0.717, 1.165) is 5.56 Å². The van der Waals surface area contributed by atoms with E-state index in [-0.39, 0.29) is 5.57 Å². The van der Waals surface area contributed by atoms with E-state index in [9.17, 15) is 0 Å². The van der Waals surface area contributed by atoms with Crippen molar-refractivity contribution in [2.45, 2.75) is 6.92 Å². The van der Waals surface area contributed by atoms with Crippen molar-refractivity contribution >= 4 is 6.08 Å². The van der Waals surface area contributed by atoms with Gasteiger partial charge in [-0.05, 0) is 18.1 Å². The molecule has 1 rings (SSSR count). The van der Waals surface area contributed by atoms with Gasteiger partial charge in [-0.15, -0.1) is 0 Å². The first-order valence-corrected chi connectivity index (χ1v) is 4.52. The molecule has 72 valence electrons. The van der Waals surface area contributed by atoms with Gasteiger partial charge in [-0.3, -0.25) is 0 Å². The Hall–Kier alpha value is -2.32. The van der Waals surface area contributed by atoms with Crippen molar-refractivity contribution in [2.24, 2.45) is 0 Å². The van der Waals surface area contributed by atoms with Crippen LogP contribution >= 0.6 is 0 Å². The van der Waals surface area contributed by atoms with E-state index in [4.69, 9.17) is 10.5 Å². The van der Waals surface area contributed by atoms with Crippen LogP contribution in [0.5, 0.6) is 0 Å². The minimum absolute atomic E-state index is 0.155. The Morgan fingerprint density at radius 1 is 1.13 bits per heavy atom. The molecule has 0 aromatic heterocycles. The summed E-state index contributed by atoms with van der Waals surface area (Å²) >= 11 is 0. The SMILES string of the molecule is CC(/C=C/c1ccccc1)=C(C#N)C#N. The number of rotatable bonds is 2. The predicted octanol–water partition coefficient (Wildman–Crippen LogP) is 3.06. The van der Waals surface area contributed by atoms with Gasteiger partial charge < -0.3 is 0 Å². The van der Waals surface area contributed by atoms with Crippen molar-refractivity contribution < 1.29 is 0 Å². The molecule has 2 heteroatoms. The zero-order valence-electron chi connectivity index (χ0n) is 8.44. The van der Waals surface area contributed by atoms with Crippen LogP contribution < -0.4 is 0 Å². The van der Waals surface area contributed by atoms with Crippen LogP contribution in [0.1, 0.15) is 12.5 Å². The molecular weight excluding hydrogens is 184 g/mol. The van der Waals surface area contributed by atoms with E-state index >= 15 is 0 Å². The van der Waals surface area contributed by atoms with Crippen LogP contribution in [0.2, 0.25) is 0 Å². The lowest BCUT2D eigenvalue weighted by Gasteiger charge is -1.92. The van der Waals surface area contributed by atoms with Crippen LogP contribution in [0.25, 0.3) is 6.08 Å². The highest BCUT2D eigenvalue weighted by Gasteiger charge is 1.95. The average molecular weight is 194 g/mol. The molecule has 0 spiro atoms. The molecule has 0 fully saturated rings. The largest absolute Gasteiger partial charge is 0.192 e. The molecule has 0 bridgehead atoms. The molecule has 15 heavy (non-hydrogen) atoms. The van der Waals surface area contributed by atoms with Gasteiger partial charge in [0.25, 0.3) is 0 Å². The van der Waals surface area contributed by atoms with Crippen LogP contribution in [0.15, 0.2) is 47.6 Å². The Morgan fingerprint density at radius 2 is 1.73 bits per heavy atom. The van der Waals surface area contributed by atoms with Gasteiger partial charge in [-0.1, -0.05) is 42.5 Å². The third-order valence-corrected chi connectivity index (χ3v) is 1.94. The molecule has 0 unspecified atom stereocenters. The number of hydrogen-bond donors (Lipinski definition) is 0. The van der Waals surface area contributed by atoms with E-state index < -0.39 is 0 Å². The summed E-state index contributed by atoms with van der Waals surface area (Å²) < 4.78 is 0. The van der Waals surface area contributed by atoms with Crippen molar-refractivity contribution in [1.29, 1.82) is 10.5 Å². The highest BCUT2D eigenvalue weighted by molar-refractivity contribution is 5.55. The first-order valence-electron chi connectivity index (χ1n) is 4.52. The maximum absolute atomic E-state index is 8.63. The van der Waals surface area contributed by atoms with Gasteiger partial charge in [0, 0.05) is 0 Å². The summed E-state index contributed by atoms with van der Waals surface area (Å²) in [4.78, 5) is 0. The van der Waals surface area contributed by atoms with Crippen LogP contribution in [-0.4, -0.2) is 0 Å². The molecule has 0 atom stereocenters. The summed E-state index contributed by atoms with van der Waals surface area (Å²) in [5.41, 5.74) is 1.89. The quantitative estimate of drug-likeness (QED) is 0.536. The number of allylic oxidation sites excluding steroid dienone is 3. The third-order valence-electron chi connectivity index (χ3n) is 1.94. The van der Waals surface area contributed by atoms with Crippen LogP contribution in [0.4, 0.5) is 0 Å². The maximum Gasteiger partial charge on any atom is 0.132 e. The van der Waals surface area contributed by atoms with Crippen LogP contribution in [0.3, 0.4) is 0 Å².